The molecule has 0 spiro atoms. The summed E-state index contributed by atoms with van der Waals surface area (Å²) in [4.78, 5) is 10.7. The minimum Gasteiger partial charge on any atom is -0.478 e. The summed E-state index contributed by atoms with van der Waals surface area (Å²) in [6.45, 7) is 5.70. The molecular formula is C12H18O3. The van der Waals surface area contributed by atoms with Gasteiger partial charge in [-0.25, -0.2) is 4.79 Å². The molecule has 0 aromatic carbocycles. The van der Waals surface area contributed by atoms with Crippen molar-refractivity contribution < 1.29 is 14.6 Å². The maximum absolute atomic E-state index is 10.7. The molecule has 4 unspecified atom stereocenters. The Hall–Kier alpha value is -0.830. The number of carboxylic acids is 1. The minimum absolute atomic E-state index is 0.324. The smallest absolute Gasteiger partial charge is 0.330 e. The summed E-state index contributed by atoms with van der Waals surface area (Å²) >= 11 is 0. The third-order valence-electron chi connectivity index (χ3n) is 3.75. The zero-order chi connectivity index (χ0) is 11.0. The van der Waals surface area contributed by atoms with E-state index in [1.54, 1.807) is 0 Å². The lowest BCUT2D eigenvalue weighted by atomic mass is 9.78. The van der Waals surface area contributed by atoms with E-state index < -0.39 is 5.97 Å². The van der Waals surface area contributed by atoms with Gasteiger partial charge in [0.2, 0.25) is 0 Å². The van der Waals surface area contributed by atoms with Crippen molar-refractivity contribution in [2.75, 3.05) is 0 Å². The number of hydrogen-bond acceptors (Lipinski definition) is 2. The molecule has 4 atom stereocenters. The standard InChI is InChI=1S/C12H18O3/c1-7(5-8(2)12(13)14)10-6-9-3-4-11(10)15-9/h7,9-11H,2-6H2,1H3,(H,13,14). The van der Waals surface area contributed by atoms with Crippen molar-refractivity contribution in [1.29, 1.82) is 0 Å². The van der Waals surface area contributed by atoms with Crippen LogP contribution in [-0.2, 0) is 9.53 Å². The van der Waals surface area contributed by atoms with E-state index >= 15 is 0 Å². The van der Waals surface area contributed by atoms with Crippen LogP contribution in [0.25, 0.3) is 0 Å². The fourth-order valence-electron chi connectivity index (χ4n) is 2.90. The topological polar surface area (TPSA) is 46.5 Å². The molecule has 2 bridgehead atoms. The monoisotopic (exact) mass is 210 g/mol. The molecular weight excluding hydrogens is 192 g/mol. The lowest BCUT2D eigenvalue weighted by Gasteiger charge is -2.25. The van der Waals surface area contributed by atoms with E-state index in [2.05, 4.69) is 13.5 Å². The lowest BCUT2D eigenvalue weighted by Crippen LogP contribution is -2.24. The Morgan fingerprint density at radius 2 is 2.33 bits per heavy atom. The SMILES string of the molecule is C=C(CC(C)C1CC2CCC1O2)C(=O)O. The molecule has 84 valence electrons. The van der Waals surface area contributed by atoms with E-state index in [0.717, 1.165) is 12.8 Å². The van der Waals surface area contributed by atoms with Crippen LogP contribution in [0.2, 0.25) is 0 Å². The maximum atomic E-state index is 10.7. The van der Waals surface area contributed by atoms with E-state index in [0.29, 0.717) is 36.0 Å². The highest BCUT2D eigenvalue weighted by molar-refractivity contribution is 5.85. The van der Waals surface area contributed by atoms with Gasteiger partial charge in [0.05, 0.1) is 12.2 Å². The van der Waals surface area contributed by atoms with E-state index in [1.165, 1.54) is 6.42 Å². The van der Waals surface area contributed by atoms with Crippen LogP contribution in [0.3, 0.4) is 0 Å². The van der Waals surface area contributed by atoms with Gasteiger partial charge >= 0.3 is 5.97 Å². The minimum atomic E-state index is -0.870. The average Bonchev–Trinajstić information content (AvgIpc) is 2.78. The summed E-state index contributed by atoms with van der Waals surface area (Å²) < 4.78 is 5.77. The van der Waals surface area contributed by atoms with Crippen molar-refractivity contribution >= 4 is 5.97 Å². The molecule has 15 heavy (non-hydrogen) atoms. The quantitative estimate of drug-likeness (QED) is 0.724. The van der Waals surface area contributed by atoms with Crippen molar-refractivity contribution in [2.24, 2.45) is 11.8 Å². The predicted octanol–water partition coefficient (Wildman–Crippen LogP) is 2.22. The fourth-order valence-corrected chi connectivity index (χ4v) is 2.90. The molecule has 2 rings (SSSR count). The van der Waals surface area contributed by atoms with Gasteiger partial charge in [0.25, 0.3) is 0 Å². The molecule has 3 heteroatoms. The normalized spacial score (nSPS) is 35.4. The van der Waals surface area contributed by atoms with Crippen LogP contribution in [0.1, 0.15) is 32.6 Å². The second-order valence-electron chi connectivity index (χ2n) is 4.86. The van der Waals surface area contributed by atoms with Gasteiger partial charge in [-0.15, -0.1) is 0 Å². The molecule has 3 nitrogen and oxygen atoms in total. The lowest BCUT2D eigenvalue weighted by molar-refractivity contribution is -0.132. The summed E-state index contributed by atoms with van der Waals surface area (Å²) in [5.74, 6) is 0.0506. The third kappa shape index (κ3) is 2.07. The van der Waals surface area contributed by atoms with Crippen LogP contribution >= 0.6 is 0 Å². The molecule has 0 aliphatic carbocycles. The molecule has 2 saturated heterocycles. The Morgan fingerprint density at radius 1 is 1.60 bits per heavy atom. The van der Waals surface area contributed by atoms with Gasteiger partial charge in [0.15, 0.2) is 0 Å². The highest BCUT2D eigenvalue weighted by Gasteiger charge is 2.43. The summed E-state index contributed by atoms with van der Waals surface area (Å²) in [7, 11) is 0. The average molecular weight is 210 g/mol. The van der Waals surface area contributed by atoms with Crippen LogP contribution < -0.4 is 0 Å². The van der Waals surface area contributed by atoms with Crippen LogP contribution in [0.4, 0.5) is 0 Å². The van der Waals surface area contributed by atoms with Crippen molar-refractivity contribution in [3.05, 3.63) is 12.2 Å². The molecule has 0 amide bonds. The molecule has 0 aromatic heterocycles. The zero-order valence-electron chi connectivity index (χ0n) is 9.11. The van der Waals surface area contributed by atoms with Gasteiger partial charge in [0, 0.05) is 5.57 Å². The molecule has 2 fully saturated rings. The first kappa shape index (κ1) is 10.7. The van der Waals surface area contributed by atoms with E-state index in [9.17, 15) is 4.79 Å². The number of ether oxygens (including phenoxy) is 1. The number of aliphatic carboxylic acids is 1. The van der Waals surface area contributed by atoms with Gasteiger partial charge in [-0.1, -0.05) is 13.5 Å². The van der Waals surface area contributed by atoms with Crippen LogP contribution in [0.15, 0.2) is 12.2 Å². The molecule has 1 N–H and O–H groups in total. The summed E-state index contributed by atoms with van der Waals surface area (Å²) in [5.41, 5.74) is 0.324. The number of hydrogen-bond donors (Lipinski definition) is 1. The highest BCUT2D eigenvalue weighted by Crippen LogP contribution is 2.43. The Morgan fingerprint density at radius 3 is 2.80 bits per heavy atom. The number of carboxylic acid groups (broad SMARTS) is 1. The van der Waals surface area contributed by atoms with Crippen LogP contribution in [0.5, 0.6) is 0 Å². The van der Waals surface area contributed by atoms with E-state index in [4.69, 9.17) is 9.84 Å². The fraction of sp³-hybridized carbons (Fsp3) is 0.750. The predicted molar refractivity (Wildman–Crippen MR) is 56.6 cm³/mol. The van der Waals surface area contributed by atoms with Gasteiger partial charge in [-0.05, 0) is 37.5 Å². The van der Waals surface area contributed by atoms with Crippen molar-refractivity contribution in [3.63, 3.8) is 0 Å². The summed E-state index contributed by atoms with van der Waals surface area (Å²) in [5, 5.41) is 8.77. The molecule has 2 aliphatic heterocycles. The molecule has 0 aromatic rings. The summed E-state index contributed by atoms with van der Waals surface area (Å²) in [6.07, 6.45) is 4.87. The largest absolute Gasteiger partial charge is 0.478 e. The Bertz CT molecular complexity index is 285. The molecule has 2 aliphatic rings. The van der Waals surface area contributed by atoms with Crippen LogP contribution in [-0.4, -0.2) is 23.3 Å². The van der Waals surface area contributed by atoms with Gasteiger partial charge in [-0.3, -0.25) is 0 Å². The third-order valence-corrected chi connectivity index (χ3v) is 3.75. The first-order valence-electron chi connectivity index (χ1n) is 5.64. The Labute approximate surface area is 90.1 Å². The molecule has 0 radical (unpaired) electrons. The first-order chi connectivity index (χ1) is 7.08. The Balaban J connectivity index is 1.89. The summed E-state index contributed by atoms with van der Waals surface area (Å²) in [6, 6.07) is 0. The zero-order valence-corrected chi connectivity index (χ0v) is 9.11. The Kier molecular flexibility index (Phi) is 2.83. The number of carbonyl (C=O) groups is 1. The van der Waals surface area contributed by atoms with Crippen molar-refractivity contribution in [2.45, 2.75) is 44.8 Å². The van der Waals surface area contributed by atoms with E-state index in [-0.39, 0.29) is 0 Å². The van der Waals surface area contributed by atoms with Crippen molar-refractivity contribution in [1.82, 2.24) is 0 Å². The second kappa shape index (κ2) is 3.97. The highest BCUT2D eigenvalue weighted by atomic mass is 16.5. The van der Waals surface area contributed by atoms with E-state index in [1.807, 2.05) is 0 Å². The second-order valence-corrected chi connectivity index (χ2v) is 4.86. The van der Waals surface area contributed by atoms with Gasteiger partial charge < -0.3 is 9.84 Å². The van der Waals surface area contributed by atoms with Crippen LogP contribution in [0, 0.1) is 11.8 Å². The maximum Gasteiger partial charge on any atom is 0.330 e. The number of fused-ring (bicyclic) bond motifs is 2. The number of rotatable bonds is 4. The first-order valence-corrected chi connectivity index (χ1v) is 5.64. The van der Waals surface area contributed by atoms with Gasteiger partial charge in [0.1, 0.15) is 0 Å². The van der Waals surface area contributed by atoms with Gasteiger partial charge in [-0.2, -0.15) is 0 Å². The van der Waals surface area contributed by atoms with Crippen molar-refractivity contribution in [3.8, 4) is 0 Å². The molecule has 2 heterocycles. The molecule has 0 saturated carbocycles.